The summed E-state index contributed by atoms with van der Waals surface area (Å²) in [6.07, 6.45) is 0. The Morgan fingerprint density at radius 3 is 1.00 bits per heavy atom. The van der Waals surface area contributed by atoms with Gasteiger partial charge in [-0.3, -0.25) is 0 Å². The molecule has 0 unspecified atom stereocenters. The SMILES string of the molecule is [Al].[Cu].[Si].[Ti].[W]. The van der Waals surface area contributed by atoms with E-state index in [1.807, 2.05) is 0 Å². The molecule has 0 aromatic heterocycles. The monoisotopic (exact) mass is 350 g/mol. The van der Waals surface area contributed by atoms with Crippen molar-refractivity contribution in [3.05, 3.63) is 0 Å². The first-order chi connectivity index (χ1) is 0. The number of hydrogen-bond acceptors (Lipinski definition) is 0. The first-order valence-electron chi connectivity index (χ1n) is 0. The van der Waals surface area contributed by atoms with Crippen LogP contribution in [0.2, 0.25) is 0 Å². The predicted octanol–water partition coefficient (Wildman–Crippen LogP) is -0.769. The molecule has 0 atom stereocenters. The fraction of sp³-hybridized carbons (Fsp3) is 0. The van der Waals surface area contributed by atoms with E-state index < -0.39 is 0 Å². The van der Waals surface area contributed by atoms with Gasteiger partial charge in [0.25, 0.3) is 0 Å². The van der Waals surface area contributed by atoms with Crippen LogP contribution >= 0.6 is 0 Å². The zero-order valence-corrected chi connectivity index (χ0v) is 9.88. The van der Waals surface area contributed by atoms with Crippen LogP contribution in [-0.2, 0) is 59.9 Å². The maximum Gasteiger partial charge on any atom is 0 e. The van der Waals surface area contributed by atoms with Crippen LogP contribution in [0.15, 0.2) is 0 Å². The van der Waals surface area contributed by atoms with E-state index in [1.165, 1.54) is 0 Å². The molecule has 0 saturated heterocycles. The van der Waals surface area contributed by atoms with Crippen LogP contribution in [-0.4, -0.2) is 28.3 Å². The van der Waals surface area contributed by atoms with Crippen LogP contribution in [0.1, 0.15) is 0 Å². The van der Waals surface area contributed by atoms with E-state index in [9.17, 15) is 0 Å². The van der Waals surface area contributed by atoms with E-state index in [4.69, 9.17) is 0 Å². The molecule has 0 aliphatic rings. The summed E-state index contributed by atoms with van der Waals surface area (Å²) in [7, 11) is 0. The van der Waals surface area contributed by atoms with Crippen LogP contribution < -0.4 is 0 Å². The van der Waals surface area contributed by atoms with Gasteiger partial charge in [0.2, 0.25) is 0 Å². The summed E-state index contributed by atoms with van der Waals surface area (Å²) in [5.41, 5.74) is 0. The first kappa shape index (κ1) is 47.8. The average Bonchev–Trinajstić information content (AvgIpc) is 0. The minimum atomic E-state index is 0. The van der Waals surface area contributed by atoms with Crippen molar-refractivity contribution in [1.82, 2.24) is 0 Å². The molecule has 0 spiro atoms. The molecule has 5 heteroatoms. The molecule has 0 aliphatic carbocycles. The summed E-state index contributed by atoms with van der Waals surface area (Å²) >= 11 is 0. The molecule has 0 nitrogen and oxygen atoms in total. The Kier molecular flexibility index (Phi) is 288. The van der Waals surface area contributed by atoms with Crippen LogP contribution in [0.5, 0.6) is 0 Å². The van der Waals surface area contributed by atoms with Gasteiger partial charge in [-0.25, -0.2) is 0 Å². The second-order valence-electron chi connectivity index (χ2n) is 0. The minimum absolute atomic E-state index is 0. The minimum Gasteiger partial charge on any atom is 0 e. The normalized spacial score (nSPS) is 0. The van der Waals surface area contributed by atoms with Crippen molar-refractivity contribution >= 4 is 28.3 Å². The van der Waals surface area contributed by atoms with Crippen molar-refractivity contribution in [2.24, 2.45) is 0 Å². The molecule has 0 rings (SSSR count). The van der Waals surface area contributed by atoms with Gasteiger partial charge in [-0.05, 0) is 0 Å². The molecule has 0 aromatic carbocycles. The molecule has 0 amide bonds. The predicted molar refractivity (Wildman–Crippen MR) is 11.5 cm³/mol. The summed E-state index contributed by atoms with van der Waals surface area (Å²) < 4.78 is 0. The molecule has 0 N–H and O–H groups in total. The second-order valence-corrected chi connectivity index (χ2v) is 0. The third kappa shape index (κ3) is 20.4. The number of hydrogen-bond donors (Lipinski definition) is 0. The maximum atomic E-state index is 0. The van der Waals surface area contributed by atoms with Crippen molar-refractivity contribution in [2.75, 3.05) is 0 Å². The molecule has 0 fully saturated rings. The van der Waals surface area contributed by atoms with E-state index >= 15 is 0 Å². The van der Waals surface area contributed by atoms with Crippen molar-refractivity contribution in [1.29, 1.82) is 0 Å². The van der Waals surface area contributed by atoms with Gasteiger partial charge in [0.1, 0.15) is 0 Å². The first-order valence-corrected chi connectivity index (χ1v) is 0. The molecule has 0 aromatic rings. The third-order valence-electron chi connectivity index (χ3n) is 0. The Balaban J connectivity index is 0. The largest absolute Gasteiger partial charge is 0 e. The van der Waals surface area contributed by atoms with Gasteiger partial charge in [-0.2, -0.15) is 0 Å². The standard InChI is InChI=1S/Al.Cu.Si.Ti.W. The second kappa shape index (κ2) is 30.1. The third-order valence-corrected chi connectivity index (χ3v) is 0. The van der Waals surface area contributed by atoms with E-state index in [2.05, 4.69) is 0 Å². The molecule has 0 bridgehead atoms. The zero-order chi connectivity index (χ0) is 0. The van der Waals surface area contributed by atoms with Gasteiger partial charge in [-0.15, -0.1) is 0 Å². The van der Waals surface area contributed by atoms with Crippen molar-refractivity contribution in [3.8, 4) is 0 Å². The van der Waals surface area contributed by atoms with Crippen LogP contribution in [0, 0.1) is 0 Å². The molecule has 0 saturated carbocycles. The van der Waals surface area contributed by atoms with E-state index in [-0.39, 0.29) is 88.2 Å². The van der Waals surface area contributed by atoms with Crippen molar-refractivity contribution in [2.45, 2.75) is 0 Å². The Hall–Kier alpha value is 2.67. The summed E-state index contributed by atoms with van der Waals surface area (Å²) in [5.74, 6) is 0. The molecular weight excluding hydrogens is 350 g/mol. The van der Waals surface area contributed by atoms with Crippen molar-refractivity contribution in [3.63, 3.8) is 0 Å². The maximum absolute atomic E-state index is 0. The van der Waals surface area contributed by atoms with Crippen LogP contribution in [0.3, 0.4) is 0 Å². The van der Waals surface area contributed by atoms with Gasteiger partial charge in [-0.1, -0.05) is 0 Å². The van der Waals surface area contributed by atoms with Crippen LogP contribution in [0.25, 0.3) is 0 Å². The summed E-state index contributed by atoms with van der Waals surface area (Å²) in [6.45, 7) is 0. The molecule has 0 heterocycles. The summed E-state index contributed by atoms with van der Waals surface area (Å²) in [5, 5.41) is 0. The summed E-state index contributed by atoms with van der Waals surface area (Å²) in [4.78, 5) is 0. The van der Waals surface area contributed by atoms with E-state index in [0.717, 1.165) is 0 Å². The van der Waals surface area contributed by atoms with E-state index in [1.54, 1.807) is 0 Å². The topological polar surface area (TPSA) is 0 Å². The van der Waals surface area contributed by atoms with Gasteiger partial charge >= 0.3 is 0 Å². The Labute approximate surface area is 87.0 Å². The Bertz CT molecular complexity index is 11.6. The van der Waals surface area contributed by atoms with Gasteiger partial charge in [0.05, 0.1) is 0 Å². The Morgan fingerprint density at radius 1 is 1.00 bits per heavy atom. The molecular formula is AlCuSiTiW. The quantitative estimate of drug-likeness (QED) is 0.504. The molecule has 5 heavy (non-hydrogen) atoms. The fourth-order valence-electron chi connectivity index (χ4n) is 0. The fourth-order valence-corrected chi connectivity index (χ4v) is 0. The van der Waals surface area contributed by atoms with Crippen LogP contribution in [0.4, 0.5) is 0 Å². The van der Waals surface area contributed by atoms with Gasteiger partial charge < -0.3 is 0 Å². The molecule has 8 radical (unpaired) electrons. The summed E-state index contributed by atoms with van der Waals surface area (Å²) in [6, 6.07) is 0. The molecule has 0 aliphatic heterocycles. The smallest absolute Gasteiger partial charge is 0 e. The molecule has 28 valence electrons. The average molecular weight is 350 g/mol. The number of rotatable bonds is 0. The van der Waals surface area contributed by atoms with Gasteiger partial charge in [0, 0.05) is 88.2 Å². The zero-order valence-electron chi connectivity index (χ0n) is 2.29. The van der Waals surface area contributed by atoms with Gasteiger partial charge in [0.15, 0.2) is 0 Å². The van der Waals surface area contributed by atoms with Crippen molar-refractivity contribution < 1.29 is 59.9 Å². The Morgan fingerprint density at radius 2 is 1.00 bits per heavy atom. The van der Waals surface area contributed by atoms with E-state index in [0.29, 0.717) is 0 Å².